The van der Waals surface area contributed by atoms with Crippen LogP contribution in [0.5, 0.6) is 0 Å². The van der Waals surface area contributed by atoms with Gasteiger partial charge in [0.25, 0.3) is 0 Å². The highest BCUT2D eigenvalue weighted by Crippen LogP contribution is 2.22. The second-order valence-electron chi connectivity index (χ2n) is 6.36. The first kappa shape index (κ1) is 19.2. The summed E-state index contributed by atoms with van der Waals surface area (Å²) in [6, 6.07) is 8.69. The molecule has 0 aliphatic rings. The molecule has 6 heteroatoms. The van der Waals surface area contributed by atoms with Gasteiger partial charge in [-0.25, -0.2) is 4.79 Å². The smallest absolute Gasteiger partial charge is 0.336 e. The minimum Gasteiger partial charge on any atom is -0.464 e. The third kappa shape index (κ3) is 5.16. The van der Waals surface area contributed by atoms with Crippen molar-refractivity contribution in [2.75, 3.05) is 28.2 Å². The largest absolute Gasteiger partial charge is 0.464 e. The molecule has 2 aromatic heterocycles. The molecule has 2 atom stereocenters. The van der Waals surface area contributed by atoms with Crippen LogP contribution in [0.15, 0.2) is 50.2 Å². The maximum atomic E-state index is 11.0. The Balaban J connectivity index is 0.000000188. The molecule has 0 amide bonds. The molecule has 136 valence electrons. The number of fused-ring (bicyclic) bond motifs is 2. The molecule has 1 aromatic carbocycles. The Labute approximate surface area is 147 Å². The summed E-state index contributed by atoms with van der Waals surface area (Å²) in [5.41, 5.74) is 0.940. The van der Waals surface area contributed by atoms with Crippen molar-refractivity contribution in [2.24, 2.45) is 0 Å². The zero-order chi connectivity index (χ0) is 18.6. The molecular formula is C19H26N2O4. The maximum Gasteiger partial charge on any atom is 0.336 e. The predicted octanol–water partition coefficient (Wildman–Crippen LogP) is 3.36. The van der Waals surface area contributed by atoms with E-state index in [1.807, 2.05) is 64.0 Å². The van der Waals surface area contributed by atoms with Crippen molar-refractivity contribution in [1.29, 1.82) is 0 Å². The first-order valence-electron chi connectivity index (χ1n) is 8.17. The van der Waals surface area contributed by atoms with Crippen LogP contribution in [-0.2, 0) is 4.74 Å². The summed E-state index contributed by atoms with van der Waals surface area (Å²) in [5.74, 6) is 0. The van der Waals surface area contributed by atoms with E-state index >= 15 is 0 Å². The van der Waals surface area contributed by atoms with Gasteiger partial charge in [0.2, 0.25) is 0 Å². The molecule has 0 aliphatic carbocycles. The lowest BCUT2D eigenvalue weighted by Crippen LogP contribution is -2.36. The SMILES string of the molecule is CC(OC(C)N(C)C)N(C)C.O=c1ccc2cc3ccoc3cc2o1. The average Bonchev–Trinajstić information content (AvgIpc) is 3.00. The molecule has 0 spiro atoms. The van der Waals surface area contributed by atoms with Gasteiger partial charge >= 0.3 is 5.63 Å². The van der Waals surface area contributed by atoms with E-state index in [1.54, 1.807) is 18.4 Å². The number of hydrogen-bond acceptors (Lipinski definition) is 6. The Bertz CT molecular complexity index is 854. The van der Waals surface area contributed by atoms with E-state index in [4.69, 9.17) is 13.6 Å². The highest BCUT2D eigenvalue weighted by Gasteiger charge is 2.10. The molecule has 3 rings (SSSR count). The van der Waals surface area contributed by atoms with Gasteiger partial charge in [-0.1, -0.05) is 0 Å². The number of furan rings is 1. The van der Waals surface area contributed by atoms with Gasteiger partial charge in [-0.05, 0) is 60.2 Å². The van der Waals surface area contributed by atoms with Crippen molar-refractivity contribution in [3.05, 3.63) is 47.0 Å². The highest BCUT2D eigenvalue weighted by atomic mass is 16.5. The lowest BCUT2D eigenvalue weighted by molar-refractivity contribution is -0.113. The summed E-state index contributed by atoms with van der Waals surface area (Å²) in [6.07, 6.45) is 1.96. The van der Waals surface area contributed by atoms with E-state index in [9.17, 15) is 4.79 Å². The Morgan fingerprint density at radius 3 is 2.08 bits per heavy atom. The third-order valence-corrected chi connectivity index (χ3v) is 4.04. The van der Waals surface area contributed by atoms with E-state index in [0.717, 1.165) is 16.4 Å². The summed E-state index contributed by atoms with van der Waals surface area (Å²) in [5, 5.41) is 1.91. The Kier molecular flexibility index (Phi) is 6.36. The molecule has 0 saturated heterocycles. The van der Waals surface area contributed by atoms with Crippen LogP contribution in [-0.4, -0.2) is 50.4 Å². The highest BCUT2D eigenvalue weighted by molar-refractivity contribution is 5.92. The van der Waals surface area contributed by atoms with E-state index < -0.39 is 0 Å². The summed E-state index contributed by atoms with van der Waals surface area (Å²) < 4.78 is 15.9. The molecule has 6 nitrogen and oxygen atoms in total. The van der Waals surface area contributed by atoms with Crippen LogP contribution in [0.1, 0.15) is 13.8 Å². The number of ether oxygens (including phenoxy) is 1. The monoisotopic (exact) mass is 346 g/mol. The summed E-state index contributed by atoms with van der Waals surface area (Å²) in [7, 11) is 8.03. The molecule has 0 fully saturated rings. The molecule has 2 heterocycles. The minimum atomic E-state index is -0.344. The van der Waals surface area contributed by atoms with Gasteiger partial charge in [0.1, 0.15) is 23.6 Å². The quantitative estimate of drug-likeness (QED) is 0.533. The van der Waals surface area contributed by atoms with Crippen LogP contribution in [0.25, 0.3) is 21.9 Å². The van der Waals surface area contributed by atoms with Crippen LogP contribution < -0.4 is 5.63 Å². The summed E-state index contributed by atoms with van der Waals surface area (Å²) in [6.45, 7) is 4.08. The molecule has 3 aromatic rings. The van der Waals surface area contributed by atoms with Gasteiger partial charge in [0, 0.05) is 22.9 Å². The fourth-order valence-electron chi connectivity index (χ4n) is 2.06. The van der Waals surface area contributed by atoms with Crippen LogP contribution in [0.2, 0.25) is 0 Å². The van der Waals surface area contributed by atoms with Crippen molar-refractivity contribution in [3.63, 3.8) is 0 Å². The van der Waals surface area contributed by atoms with E-state index in [-0.39, 0.29) is 18.1 Å². The van der Waals surface area contributed by atoms with Crippen molar-refractivity contribution in [2.45, 2.75) is 26.3 Å². The molecule has 0 bridgehead atoms. The number of nitrogens with zero attached hydrogens (tertiary/aromatic N) is 2. The van der Waals surface area contributed by atoms with Gasteiger partial charge in [-0.2, -0.15) is 0 Å². The number of hydrogen-bond donors (Lipinski definition) is 0. The van der Waals surface area contributed by atoms with E-state index in [0.29, 0.717) is 5.58 Å². The normalized spacial score (nSPS) is 13.9. The Morgan fingerprint density at radius 2 is 1.48 bits per heavy atom. The first-order chi connectivity index (χ1) is 11.8. The van der Waals surface area contributed by atoms with E-state index in [2.05, 4.69) is 0 Å². The van der Waals surface area contributed by atoms with Crippen molar-refractivity contribution < 1.29 is 13.6 Å². The number of benzene rings is 1. The fraction of sp³-hybridized carbons (Fsp3) is 0.421. The lowest BCUT2D eigenvalue weighted by atomic mass is 10.2. The molecule has 0 radical (unpaired) electrons. The van der Waals surface area contributed by atoms with Crippen molar-refractivity contribution >= 4 is 21.9 Å². The van der Waals surface area contributed by atoms with Crippen LogP contribution in [0, 0.1) is 0 Å². The van der Waals surface area contributed by atoms with Gasteiger partial charge in [0.05, 0.1) is 6.26 Å². The van der Waals surface area contributed by atoms with Crippen LogP contribution >= 0.6 is 0 Å². The molecular weight excluding hydrogens is 320 g/mol. The first-order valence-corrected chi connectivity index (χ1v) is 8.17. The third-order valence-electron chi connectivity index (χ3n) is 4.04. The molecule has 2 unspecified atom stereocenters. The van der Waals surface area contributed by atoms with Crippen molar-refractivity contribution in [1.82, 2.24) is 9.80 Å². The molecule has 25 heavy (non-hydrogen) atoms. The van der Waals surface area contributed by atoms with Gasteiger partial charge in [-0.15, -0.1) is 0 Å². The lowest BCUT2D eigenvalue weighted by Gasteiger charge is -2.27. The molecule has 0 N–H and O–H groups in total. The minimum absolute atomic E-state index is 0.174. The van der Waals surface area contributed by atoms with E-state index in [1.165, 1.54) is 6.07 Å². The van der Waals surface area contributed by atoms with Gasteiger partial charge in [-0.3, -0.25) is 9.80 Å². The predicted molar refractivity (Wildman–Crippen MR) is 99.6 cm³/mol. The summed E-state index contributed by atoms with van der Waals surface area (Å²) in [4.78, 5) is 15.0. The fourth-order valence-corrected chi connectivity index (χ4v) is 2.06. The zero-order valence-corrected chi connectivity index (χ0v) is 15.6. The van der Waals surface area contributed by atoms with Gasteiger partial charge in [0.15, 0.2) is 0 Å². The summed E-state index contributed by atoms with van der Waals surface area (Å²) >= 11 is 0. The maximum absolute atomic E-state index is 11.0. The van der Waals surface area contributed by atoms with Crippen molar-refractivity contribution in [3.8, 4) is 0 Å². The second kappa shape index (κ2) is 8.29. The Hall–Kier alpha value is -2.15. The second-order valence-corrected chi connectivity index (χ2v) is 6.36. The topological polar surface area (TPSA) is 59.1 Å². The van der Waals surface area contributed by atoms with Crippen LogP contribution in [0.4, 0.5) is 0 Å². The average molecular weight is 346 g/mol. The zero-order valence-electron chi connectivity index (χ0n) is 15.6. The van der Waals surface area contributed by atoms with Gasteiger partial charge < -0.3 is 13.6 Å². The Morgan fingerprint density at radius 1 is 0.880 bits per heavy atom. The molecule has 0 aliphatic heterocycles. The number of rotatable bonds is 4. The molecule has 0 saturated carbocycles. The standard InChI is InChI=1S/C11H6O3.C8H20N2O/c12-11-2-1-7-5-8-3-4-13-9(8)6-10(7)14-11;1-7(9(3)4)11-8(2)10(5)6/h1-6H;7-8H,1-6H3. The van der Waals surface area contributed by atoms with Crippen LogP contribution in [0.3, 0.4) is 0 Å².